The number of carbonyl (C=O) groups excluding carboxylic acids is 4. The van der Waals surface area contributed by atoms with Crippen molar-refractivity contribution in [3.63, 3.8) is 0 Å². The first-order chi connectivity index (χ1) is 29.6. The maximum Gasteiger partial charge on any atom is 0.407 e. The number of nitrogens with one attached hydrogen (secondary N) is 4. The fourth-order valence-electron chi connectivity index (χ4n) is 8.10. The van der Waals surface area contributed by atoms with Crippen molar-refractivity contribution in [1.29, 1.82) is 0 Å². The number of aryl methyl sites for hydroxylation is 1. The van der Waals surface area contributed by atoms with Gasteiger partial charge in [0, 0.05) is 29.9 Å². The summed E-state index contributed by atoms with van der Waals surface area (Å²) in [6.07, 6.45) is 2.06. The Balaban J connectivity index is 0.974. The number of aromatic nitrogens is 3. The molecule has 4 heterocycles. The summed E-state index contributed by atoms with van der Waals surface area (Å²) in [6, 6.07) is 25.5. The van der Waals surface area contributed by atoms with Crippen LogP contribution in [-0.4, -0.2) is 86.0 Å². The lowest BCUT2D eigenvalue weighted by molar-refractivity contribution is -0.138. The maximum absolute atomic E-state index is 14.0. The Bertz CT molecular complexity index is 2590. The Morgan fingerprint density at radius 1 is 0.820 bits per heavy atom. The topological polar surface area (TPSA) is 212 Å². The van der Waals surface area contributed by atoms with Crippen molar-refractivity contribution in [1.82, 2.24) is 35.4 Å². The van der Waals surface area contributed by atoms with Crippen LogP contribution >= 0.6 is 0 Å². The van der Waals surface area contributed by atoms with Crippen molar-refractivity contribution < 1.29 is 38.2 Å². The van der Waals surface area contributed by atoms with Gasteiger partial charge in [-0.2, -0.15) is 0 Å². The number of oxazole rings is 1. The molecule has 61 heavy (non-hydrogen) atoms. The number of methoxy groups -OCH3 is 1. The number of nitrogens with zero attached hydrogens (tertiary/aromatic N) is 4. The number of rotatable bonds is 11. The molecule has 16 heteroatoms. The number of aromatic amines is 1. The minimum atomic E-state index is -1.34. The molecule has 0 radical (unpaired) electrons. The molecule has 0 bridgehead atoms. The first-order valence-corrected chi connectivity index (χ1v) is 20.0. The van der Waals surface area contributed by atoms with E-state index in [2.05, 4.69) is 25.9 Å². The number of ether oxygens (including phenoxy) is 1. The molecule has 5 N–H and O–H groups in total. The maximum atomic E-state index is 14.0. The molecule has 2 aliphatic rings. The lowest BCUT2D eigenvalue weighted by Crippen LogP contribution is -2.48. The van der Waals surface area contributed by atoms with Crippen molar-refractivity contribution in [2.24, 2.45) is 0 Å². The number of H-pyrrole nitrogens is 1. The van der Waals surface area contributed by atoms with Crippen LogP contribution in [0.4, 0.5) is 15.3 Å². The predicted molar refractivity (Wildman–Crippen MR) is 224 cm³/mol. The van der Waals surface area contributed by atoms with Crippen LogP contribution in [0, 0.1) is 6.92 Å². The van der Waals surface area contributed by atoms with Crippen molar-refractivity contribution >= 4 is 46.6 Å². The van der Waals surface area contributed by atoms with Crippen molar-refractivity contribution in [3.05, 3.63) is 126 Å². The molecule has 2 saturated heterocycles. The quantitative estimate of drug-likeness (QED) is 0.0913. The van der Waals surface area contributed by atoms with Gasteiger partial charge in [-0.3, -0.25) is 14.4 Å². The first kappa shape index (κ1) is 40.3. The van der Waals surface area contributed by atoms with Gasteiger partial charge in [0.25, 0.3) is 11.8 Å². The molecule has 16 nitrogen and oxygen atoms in total. The lowest BCUT2D eigenvalue weighted by atomic mass is 10.0. The summed E-state index contributed by atoms with van der Waals surface area (Å²) in [5, 5.41) is 17.5. The molecular formula is C45H44N8O8. The van der Waals surface area contributed by atoms with Gasteiger partial charge in [0.15, 0.2) is 5.76 Å². The molecule has 4 aromatic carbocycles. The summed E-state index contributed by atoms with van der Waals surface area (Å²) in [4.78, 5) is 81.3. The second kappa shape index (κ2) is 17.4. The number of imidazole rings is 1. The second-order valence-electron chi connectivity index (χ2n) is 15.1. The van der Waals surface area contributed by atoms with E-state index in [4.69, 9.17) is 14.1 Å². The summed E-state index contributed by atoms with van der Waals surface area (Å²) in [6.45, 7) is 2.68. The highest BCUT2D eigenvalue weighted by molar-refractivity contribution is 5.99. The van der Waals surface area contributed by atoms with Crippen molar-refractivity contribution in [2.75, 3.05) is 25.5 Å². The van der Waals surface area contributed by atoms with Crippen LogP contribution in [0.1, 0.15) is 66.3 Å². The number of anilines is 1. The Kier molecular flexibility index (Phi) is 11.5. The number of alkyl carbamates (subject to hydrolysis) is 1. The predicted octanol–water partition coefficient (Wildman–Crippen LogP) is 6.89. The molecule has 5 amide bonds. The number of fused-ring (bicyclic) bond motifs is 1. The van der Waals surface area contributed by atoms with Gasteiger partial charge in [-0.05, 0) is 79.6 Å². The van der Waals surface area contributed by atoms with Crippen LogP contribution in [-0.2, 0) is 19.1 Å². The highest BCUT2D eigenvalue weighted by atomic mass is 16.5. The largest absolute Gasteiger partial charge is 0.465 e. The number of hydrogen-bond acceptors (Lipinski definition) is 9. The number of amides is 5. The van der Waals surface area contributed by atoms with Gasteiger partial charge in [-0.15, -0.1) is 0 Å². The van der Waals surface area contributed by atoms with E-state index >= 15 is 0 Å². The van der Waals surface area contributed by atoms with E-state index in [-0.39, 0.29) is 17.9 Å². The van der Waals surface area contributed by atoms with Gasteiger partial charge < -0.3 is 45.0 Å². The minimum absolute atomic E-state index is 0.258. The third-order valence-electron chi connectivity index (χ3n) is 11.2. The molecule has 1 unspecified atom stereocenters. The molecule has 2 aromatic heterocycles. The third kappa shape index (κ3) is 8.50. The summed E-state index contributed by atoms with van der Waals surface area (Å²) >= 11 is 0. The summed E-state index contributed by atoms with van der Waals surface area (Å²) in [5.41, 5.74) is 5.24. The Labute approximate surface area is 350 Å². The molecule has 6 aromatic rings. The van der Waals surface area contributed by atoms with E-state index in [9.17, 15) is 29.1 Å². The third-order valence-corrected chi connectivity index (χ3v) is 11.2. The molecule has 0 saturated carbocycles. The molecule has 4 atom stereocenters. The highest BCUT2D eigenvalue weighted by Crippen LogP contribution is 2.36. The van der Waals surface area contributed by atoms with E-state index in [1.54, 1.807) is 59.6 Å². The number of hydrogen-bond donors (Lipinski definition) is 5. The van der Waals surface area contributed by atoms with Crippen molar-refractivity contribution in [3.8, 4) is 22.8 Å². The molecule has 0 spiro atoms. The number of benzene rings is 4. The molecule has 8 rings (SSSR count). The smallest absolute Gasteiger partial charge is 0.407 e. The summed E-state index contributed by atoms with van der Waals surface area (Å²) < 4.78 is 11.1. The summed E-state index contributed by atoms with van der Waals surface area (Å²) in [7, 11) is 1.26. The molecule has 312 valence electrons. The highest BCUT2D eigenvalue weighted by Gasteiger charge is 2.39. The fourth-order valence-corrected chi connectivity index (χ4v) is 8.10. The van der Waals surface area contributed by atoms with E-state index in [1.165, 1.54) is 12.0 Å². The summed E-state index contributed by atoms with van der Waals surface area (Å²) in [5.74, 6) is 0.325. The van der Waals surface area contributed by atoms with Crippen LogP contribution in [0.15, 0.2) is 108 Å². The Morgan fingerprint density at radius 3 is 2.18 bits per heavy atom. The fraction of sp³-hybridized carbons (Fsp3) is 0.267. The van der Waals surface area contributed by atoms with Gasteiger partial charge in [0.2, 0.25) is 11.8 Å². The number of likely N-dealkylation sites (tertiary alicyclic amines) is 2. The Hall–Kier alpha value is -7.49. The van der Waals surface area contributed by atoms with E-state index < -0.39 is 36.2 Å². The van der Waals surface area contributed by atoms with Gasteiger partial charge >= 0.3 is 12.2 Å². The lowest BCUT2D eigenvalue weighted by Gasteiger charge is -2.28. The average Bonchev–Trinajstić information content (AvgIpc) is 4.12. The zero-order valence-electron chi connectivity index (χ0n) is 33.5. The number of carbonyl (C=O) groups is 5. The SMILES string of the molecule is COC(=O)N[C@@H](C(=O)N1CCCC1c1nc2ccc(-c3cnc(-c4ccc(C)c(NC(=O)[C@@H]5CCCN5C(=O)[C@H](NC(=O)O)c5ccccc5)c4)o3)cc2[nH]1)c1ccccc1. The van der Waals surface area contributed by atoms with Crippen LogP contribution < -0.4 is 16.0 Å². The van der Waals surface area contributed by atoms with E-state index in [0.717, 1.165) is 23.1 Å². The van der Waals surface area contributed by atoms with Gasteiger partial charge in [-0.1, -0.05) is 66.7 Å². The normalized spacial score (nSPS) is 17.1. The standard InChI is InChI=1S/C45H44N8O8/c1-26-17-18-30(24-32(26)49-40(54)35-16-10-22-53(35)42(55)37(50-44(57)58)27-11-5-3-6-12-27)41-46-25-36(61-41)29-19-20-31-33(23-29)48-39(47-31)34-15-9-21-52(34)43(56)38(51-45(59)60-2)28-13-7-4-8-14-28/h3-8,11-14,17-20,23-25,34-35,37-38,50H,9-10,15-16,21-22H2,1-2H3,(H,47,48)(H,49,54)(H,51,59)(H,57,58)/t34?,35-,37+,38+/m0/s1. The molecule has 2 aliphatic heterocycles. The van der Waals surface area contributed by atoms with Crippen LogP contribution in [0.3, 0.4) is 0 Å². The minimum Gasteiger partial charge on any atom is -0.465 e. The van der Waals surface area contributed by atoms with Crippen LogP contribution in [0.5, 0.6) is 0 Å². The van der Waals surface area contributed by atoms with Crippen molar-refractivity contribution in [2.45, 2.75) is 56.8 Å². The average molecular weight is 825 g/mol. The first-order valence-electron chi connectivity index (χ1n) is 20.0. The van der Waals surface area contributed by atoms with Gasteiger partial charge in [0.1, 0.15) is 23.9 Å². The van der Waals surface area contributed by atoms with E-state index in [1.807, 2.05) is 55.5 Å². The van der Waals surface area contributed by atoms with Gasteiger partial charge in [0.05, 0.1) is 30.4 Å². The zero-order chi connectivity index (χ0) is 42.6. The number of carboxylic acid groups (broad SMARTS) is 1. The van der Waals surface area contributed by atoms with Gasteiger partial charge in [-0.25, -0.2) is 19.6 Å². The van der Waals surface area contributed by atoms with Crippen LogP contribution in [0.2, 0.25) is 0 Å². The molecule has 0 aliphatic carbocycles. The van der Waals surface area contributed by atoms with Crippen LogP contribution in [0.25, 0.3) is 33.8 Å². The van der Waals surface area contributed by atoms with E-state index in [0.29, 0.717) is 77.7 Å². The zero-order valence-corrected chi connectivity index (χ0v) is 33.5. The monoisotopic (exact) mass is 824 g/mol. The Morgan fingerprint density at radius 2 is 1.48 bits per heavy atom. The molecule has 2 fully saturated rings. The molecular weight excluding hydrogens is 781 g/mol. The second-order valence-corrected chi connectivity index (χ2v) is 15.1.